The van der Waals surface area contributed by atoms with Crippen molar-refractivity contribution in [3.05, 3.63) is 47.5 Å². The van der Waals surface area contributed by atoms with Crippen LogP contribution in [0, 0.1) is 5.41 Å². The summed E-state index contributed by atoms with van der Waals surface area (Å²) in [5.74, 6) is -0.326. The van der Waals surface area contributed by atoms with Crippen LogP contribution < -0.4 is 10.6 Å². The van der Waals surface area contributed by atoms with Crippen LogP contribution in [-0.4, -0.2) is 39.8 Å². The molecule has 4 N–H and O–H groups in total. The Morgan fingerprint density at radius 2 is 1.96 bits per heavy atom. The van der Waals surface area contributed by atoms with E-state index in [9.17, 15) is 9.90 Å². The van der Waals surface area contributed by atoms with E-state index >= 15 is 0 Å². The minimum Gasteiger partial charge on any atom is -0.478 e. The molecule has 2 aromatic carbocycles. The van der Waals surface area contributed by atoms with Gasteiger partial charge in [0.05, 0.1) is 16.6 Å². The SMILES string of the molecule is CCN(c1nc2cc(C(=O)O)ccc2nc1-c1ccc(N)c(C=N)c1)C(C)C. The van der Waals surface area contributed by atoms with Crippen LogP contribution in [0.25, 0.3) is 22.3 Å². The van der Waals surface area contributed by atoms with Crippen LogP contribution in [0.2, 0.25) is 0 Å². The number of benzene rings is 2. The molecule has 3 aromatic rings. The highest BCUT2D eigenvalue weighted by Crippen LogP contribution is 2.32. The van der Waals surface area contributed by atoms with E-state index in [1.54, 1.807) is 12.1 Å². The first kappa shape index (κ1) is 19.3. The molecule has 0 bridgehead atoms. The van der Waals surface area contributed by atoms with Crippen LogP contribution in [-0.2, 0) is 0 Å². The molecule has 0 saturated carbocycles. The molecule has 144 valence electrons. The lowest BCUT2D eigenvalue weighted by atomic mass is 10.1. The Labute approximate surface area is 163 Å². The summed E-state index contributed by atoms with van der Waals surface area (Å²) in [6, 6.07) is 10.3. The minimum atomic E-state index is -1.00. The highest BCUT2D eigenvalue weighted by molar-refractivity contribution is 5.94. The average molecular weight is 377 g/mol. The number of anilines is 2. The maximum atomic E-state index is 11.3. The number of carboxylic acid groups (broad SMARTS) is 1. The molecule has 0 aliphatic rings. The Hall–Kier alpha value is -3.48. The Bertz CT molecular complexity index is 1060. The van der Waals surface area contributed by atoms with Gasteiger partial charge in [0, 0.05) is 35.6 Å². The highest BCUT2D eigenvalue weighted by Gasteiger charge is 2.20. The fourth-order valence-corrected chi connectivity index (χ4v) is 3.18. The molecule has 28 heavy (non-hydrogen) atoms. The Kier molecular flexibility index (Phi) is 5.26. The fraction of sp³-hybridized carbons (Fsp3) is 0.238. The Balaban J connectivity index is 2.31. The van der Waals surface area contributed by atoms with E-state index in [0.717, 1.165) is 12.1 Å². The molecule has 0 fully saturated rings. The normalized spacial score (nSPS) is 11.0. The van der Waals surface area contributed by atoms with Gasteiger partial charge in [0.15, 0.2) is 5.82 Å². The summed E-state index contributed by atoms with van der Waals surface area (Å²) in [4.78, 5) is 23.0. The summed E-state index contributed by atoms with van der Waals surface area (Å²) in [7, 11) is 0. The average Bonchev–Trinajstić information content (AvgIpc) is 2.67. The smallest absolute Gasteiger partial charge is 0.335 e. The molecule has 0 saturated heterocycles. The lowest BCUT2D eigenvalue weighted by molar-refractivity contribution is 0.0697. The van der Waals surface area contributed by atoms with E-state index in [2.05, 4.69) is 18.7 Å². The number of nitrogens with two attached hydrogens (primary N) is 1. The summed E-state index contributed by atoms with van der Waals surface area (Å²) < 4.78 is 0. The zero-order valence-electron chi connectivity index (χ0n) is 16.1. The number of nitrogens with zero attached hydrogens (tertiary/aromatic N) is 3. The minimum absolute atomic E-state index is 0.173. The van der Waals surface area contributed by atoms with Crippen molar-refractivity contribution >= 4 is 34.7 Å². The van der Waals surface area contributed by atoms with Crippen molar-refractivity contribution in [3.8, 4) is 11.3 Å². The number of aromatic carboxylic acids is 1. The van der Waals surface area contributed by atoms with Crippen molar-refractivity contribution in [1.82, 2.24) is 9.97 Å². The van der Waals surface area contributed by atoms with Gasteiger partial charge in [-0.05, 0) is 51.1 Å². The third-order valence-electron chi connectivity index (χ3n) is 4.64. The Morgan fingerprint density at radius 3 is 2.57 bits per heavy atom. The van der Waals surface area contributed by atoms with Crippen molar-refractivity contribution in [2.24, 2.45) is 0 Å². The standard InChI is InChI=1S/C21H23N5O2/c1-4-26(12(2)3)20-19(13-5-7-16(23)15(9-13)11-22)24-17-8-6-14(21(27)28)10-18(17)25-20/h5-12,22H,4,23H2,1-3H3,(H,27,28). The maximum Gasteiger partial charge on any atom is 0.335 e. The zero-order valence-corrected chi connectivity index (χ0v) is 16.1. The van der Waals surface area contributed by atoms with Crippen molar-refractivity contribution in [2.45, 2.75) is 26.8 Å². The summed E-state index contributed by atoms with van der Waals surface area (Å²) in [6.07, 6.45) is 1.21. The van der Waals surface area contributed by atoms with Gasteiger partial charge in [0.1, 0.15) is 5.69 Å². The molecule has 7 heteroatoms. The van der Waals surface area contributed by atoms with Gasteiger partial charge < -0.3 is 21.1 Å². The molecule has 0 amide bonds. The first-order chi connectivity index (χ1) is 13.3. The van der Waals surface area contributed by atoms with E-state index in [-0.39, 0.29) is 11.6 Å². The van der Waals surface area contributed by atoms with Crippen LogP contribution in [0.1, 0.15) is 36.7 Å². The molecule has 0 aliphatic heterocycles. The summed E-state index contributed by atoms with van der Waals surface area (Å²) in [5, 5.41) is 16.9. The van der Waals surface area contributed by atoms with E-state index < -0.39 is 5.97 Å². The summed E-state index contributed by atoms with van der Waals surface area (Å²) in [6.45, 7) is 6.89. The molecule has 0 aliphatic carbocycles. The number of carbonyl (C=O) groups is 1. The molecule has 0 spiro atoms. The number of rotatable bonds is 6. The monoisotopic (exact) mass is 377 g/mol. The number of carboxylic acids is 1. The van der Waals surface area contributed by atoms with E-state index in [1.807, 2.05) is 19.1 Å². The van der Waals surface area contributed by atoms with Crippen LogP contribution in [0.3, 0.4) is 0 Å². The van der Waals surface area contributed by atoms with Crippen LogP contribution in [0.15, 0.2) is 36.4 Å². The number of nitrogens with one attached hydrogen (secondary N) is 1. The molecule has 1 heterocycles. The largest absolute Gasteiger partial charge is 0.478 e. The highest BCUT2D eigenvalue weighted by atomic mass is 16.4. The molecular weight excluding hydrogens is 354 g/mol. The van der Waals surface area contributed by atoms with E-state index in [4.69, 9.17) is 21.1 Å². The zero-order chi connectivity index (χ0) is 20.4. The molecule has 0 atom stereocenters. The second kappa shape index (κ2) is 7.64. The van der Waals surface area contributed by atoms with Gasteiger partial charge >= 0.3 is 5.97 Å². The van der Waals surface area contributed by atoms with Crippen molar-refractivity contribution in [1.29, 1.82) is 5.41 Å². The first-order valence-corrected chi connectivity index (χ1v) is 9.07. The van der Waals surface area contributed by atoms with Gasteiger partial charge in [-0.15, -0.1) is 0 Å². The van der Waals surface area contributed by atoms with E-state index in [0.29, 0.717) is 33.8 Å². The molecule has 3 rings (SSSR count). The van der Waals surface area contributed by atoms with Crippen LogP contribution in [0.5, 0.6) is 0 Å². The lowest BCUT2D eigenvalue weighted by Gasteiger charge is -2.28. The van der Waals surface area contributed by atoms with Crippen molar-refractivity contribution in [3.63, 3.8) is 0 Å². The molecule has 1 aromatic heterocycles. The molecule has 7 nitrogen and oxygen atoms in total. The van der Waals surface area contributed by atoms with Crippen molar-refractivity contribution < 1.29 is 9.90 Å². The number of fused-ring (bicyclic) bond motifs is 1. The summed E-state index contributed by atoms with van der Waals surface area (Å²) in [5.41, 5.74) is 9.86. The van der Waals surface area contributed by atoms with Gasteiger partial charge in [0.25, 0.3) is 0 Å². The molecule has 0 radical (unpaired) electrons. The quantitative estimate of drug-likeness (QED) is 0.444. The second-order valence-corrected chi connectivity index (χ2v) is 6.77. The maximum absolute atomic E-state index is 11.3. The fourth-order valence-electron chi connectivity index (χ4n) is 3.18. The molecule has 0 unspecified atom stereocenters. The summed E-state index contributed by atoms with van der Waals surface area (Å²) >= 11 is 0. The third-order valence-corrected chi connectivity index (χ3v) is 4.64. The molecular formula is C21H23N5O2. The van der Waals surface area contributed by atoms with Gasteiger partial charge in [-0.3, -0.25) is 0 Å². The van der Waals surface area contributed by atoms with Crippen LogP contribution in [0.4, 0.5) is 11.5 Å². The predicted molar refractivity (Wildman–Crippen MR) is 112 cm³/mol. The number of nitrogen functional groups attached to an aromatic ring is 1. The number of hydrogen-bond donors (Lipinski definition) is 3. The Morgan fingerprint density at radius 1 is 1.21 bits per heavy atom. The van der Waals surface area contributed by atoms with Crippen molar-refractivity contribution in [2.75, 3.05) is 17.2 Å². The number of aromatic nitrogens is 2. The van der Waals surface area contributed by atoms with Gasteiger partial charge in [-0.2, -0.15) is 0 Å². The van der Waals surface area contributed by atoms with Gasteiger partial charge in [-0.1, -0.05) is 6.07 Å². The predicted octanol–water partition coefficient (Wildman–Crippen LogP) is 3.81. The lowest BCUT2D eigenvalue weighted by Crippen LogP contribution is -2.32. The van der Waals surface area contributed by atoms with Gasteiger partial charge in [-0.25, -0.2) is 14.8 Å². The van der Waals surface area contributed by atoms with Crippen LogP contribution >= 0.6 is 0 Å². The second-order valence-electron chi connectivity index (χ2n) is 6.77. The first-order valence-electron chi connectivity index (χ1n) is 9.07. The topological polar surface area (TPSA) is 116 Å². The third kappa shape index (κ3) is 3.51. The van der Waals surface area contributed by atoms with Gasteiger partial charge in [0.2, 0.25) is 0 Å². The van der Waals surface area contributed by atoms with E-state index in [1.165, 1.54) is 18.3 Å². The number of hydrogen-bond acceptors (Lipinski definition) is 6.